The van der Waals surface area contributed by atoms with Crippen LogP contribution in [0, 0.1) is 0 Å². The number of hydrogen-bond acceptors (Lipinski definition) is 4. The van der Waals surface area contributed by atoms with E-state index in [-0.39, 0.29) is 6.54 Å². The lowest BCUT2D eigenvalue weighted by atomic mass is 10.1. The molecule has 0 aliphatic rings. The van der Waals surface area contributed by atoms with Crippen LogP contribution in [0.5, 0.6) is 0 Å². The molecule has 6 heteroatoms. The molecule has 0 unspecified atom stereocenters. The fourth-order valence-corrected chi connectivity index (χ4v) is 3.48. The molecule has 2 aromatic carbocycles. The summed E-state index contributed by atoms with van der Waals surface area (Å²) in [7, 11) is 0.310. The summed E-state index contributed by atoms with van der Waals surface area (Å²) in [6.45, 7) is 2.74. The van der Waals surface area contributed by atoms with Gasteiger partial charge in [0.25, 0.3) is 0 Å². The second-order valence-electron chi connectivity index (χ2n) is 5.06. The fourth-order valence-electron chi connectivity index (χ4n) is 2.31. The van der Waals surface area contributed by atoms with Crippen LogP contribution >= 0.6 is 0 Å². The smallest absolute Gasteiger partial charge is 0.241 e. The molecule has 5 nitrogen and oxygen atoms in total. The molecule has 0 atom stereocenters. The molecule has 0 saturated heterocycles. The number of fused-ring (bicyclic) bond motifs is 1. The van der Waals surface area contributed by atoms with Gasteiger partial charge in [-0.1, -0.05) is 24.3 Å². The van der Waals surface area contributed by atoms with Crippen molar-refractivity contribution in [1.29, 1.82) is 0 Å². The lowest BCUT2D eigenvalue weighted by Crippen LogP contribution is -2.25. The van der Waals surface area contributed by atoms with Crippen molar-refractivity contribution in [3.8, 4) is 0 Å². The molecule has 118 valence electrons. The monoisotopic (exact) mass is 319 g/mol. The minimum Gasteiger partial charge on any atom is -0.377 e. The Hall–Kier alpha value is -1.92. The minimum absolute atomic E-state index is 0.194. The maximum atomic E-state index is 12.5. The van der Waals surface area contributed by atoms with Crippen LogP contribution in [0.2, 0.25) is 0 Å². The van der Waals surface area contributed by atoms with Crippen LogP contribution in [-0.4, -0.2) is 41.8 Å². The van der Waals surface area contributed by atoms with Gasteiger partial charge >= 0.3 is 0 Å². The van der Waals surface area contributed by atoms with Crippen LogP contribution in [0.4, 0.5) is 5.69 Å². The van der Waals surface area contributed by atoms with E-state index in [1.54, 1.807) is 18.3 Å². The van der Waals surface area contributed by atoms with Gasteiger partial charge in [0.15, 0.2) is 0 Å². The van der Waals surface area contributed by atoms with Crippen molar-refractivity contribution in [1.82, 2.24) is 4.72 Å². The summed E-state index contributed by atoms with van der Waals surface area (Å²) >= 11 is 0. The fraction of sp³-hybridized carbons (Fsp3) is 0.312. The maximum absolute atomic E-state index is 12.5. The van der Waals surface area contributed by atoms with Gasteiger partial charge in [-0.15, -0.1) is 0 Å². The third-order valence-electron chi connectivity index (χ3n) is 3.31. The van der Waals surface area contributed by atoms with E-state index in [2.05, 4.69) is 9.71 Å². The van der Waals surface area contributed by atoms with Crippen molar-refractivity contribution in [2.75, 3.05) is 32.1 Å². The first-order chi connectivity index (χ1) is 10.5. The highest BCUT2D eigenvalue weighted by Crippen LogP contribution is 2.29. The zero-order valence-electron chi connectivity index (χ0n) is 13.1. The van der Waals surface area contributed by atoms with Gasteiger partial charge in [0.1, 0.15) is 0 Å². The second-order valence-corrected chi connectivity index (χ2v) is 6.79. The summed E-state index contributed by atoms with van der Waals surface area (Å²) < 4.78 is 27.6. The van der Waals surface area contributed by atoms with Crippen molar-refractivity contribution in [3.05, 3.63) is 36.4 Å². The predicted molar refractivity (Wildman–Crippen MR) is 92.5 cm³/mol. The van der Waals surface area contributed by atoms with Gasteiger partial charge in [0, 0.05) is 49.9 Å². The molecular formula is C16H21N3O2S. The number of anilines is 1. The Kier molecular flexibility index (Phi) is 5.15. The predicted octanol–water partition coefficient (Wildman–Crippen LogP) is 2.27. The first-order valence-corrected chi connectivity index (χ1v) is 8.62. The van der Waals surface area contributed by atoms with E-state index in [9.17, 15) is 8.42 Å². The minimum atomic E-state index is -3.57. The van der Waals surface area contributed by atoms with Crippen LogP contribution in [0.25, 0.3) is 10.8 Å². The van der Waals surface area contributed by atoms with Gasteiger partial charge in [-0.3, -0.25) is 4.99 Å². The zero-order chi connectivity index (χ0) is 16.2. The topological polar surface area (TPSA) is 61.8 Å². The van der Waals surface area contributed by atoms with Gasteiger partial charge in [-0.25, -0.2) is 13.1 Å². The molecule has 22 heavy (non-hydrogen) atoms. The van der Waals surface area contributed by atoms with Crippen molar-refractivity contribution >= 4 is 32.7 Å². The summed E-state index contributed by atoms with van der Waals surface area (Å²) in [5.74, 6) is 0. The molecule has 0 aromatic heterocycles. The van der Waals surface area contributed by atoms with Gasteiger partial charge in [-0.2, -0.15) is 0 Å². The van der Waals surface area contributed by atoms with E-state index in [0.717, 1.165) is 11.1 Å². The molecule has 1 N–H and O–H groups in total. The lowest BCUT2D eigenvalue weighted by Gasteiger charge is -2.17. The number of aliphatic imine (C=N–C) groups is 1. The molecule has 0 saturated carbocycles. The molecule has 0 radical (unpaired) electrons. The Morgan fingerprint density at radius 3 is 2.50 bits per heavy atom. The largest absolute Gasteiger partial charge is 0.377 e. The number of nitrogens with zero attached hydrogens (tertiary/aromatic N) is 2. The highest BCUT2D eigenvalue weighted by Gasteiger charge is 2.17. The van der Waals surface area contributed by atoms with E-state index in [1.807, 2.05) is 50.2 Å². The number of nitrogens with one attached hydrogen (secondary N) is 1. The second kappa shape index (κ2) is 6.89. The van der Waals surface area contributed by atoms with E-state index < -0.39 is 10.0 Å². The van der Waals surface area contributed by atoms with Crippen molar-refractivity contribution in [2.24, 2.45) is 4.99 Å². The van der Waals surface area contributed by atoms with Crippen LogP contribution in [0.15, 0.2) is 46.3 Å². The maximum Gasteiger partial charge on any atom is 0.241 e. The third-order valence-corrected chi connectivity index (χ3v) is 4.79. The van der Waals surface area contributed by atoms with Gasteiger partial charge in [0.2, 0.25) is 10.0 Å². The SMILES string of the molecule is CC/N=C/CNS(=O)(=O)c1cccc2c(N(C)C)cccc12. The third kappa shape index (κ3) is 3.45. The number of sulfonamides is 1. The summed E-state index contributed by atoms with van der Waals surface area (Å²) in [4.78, 5) is 6.27. The normalized spacial score (nSPS) is 12.1. The highest BCUT2D eigenvalue weighted by molar-refractivity contribution is 7.89. The lowest BCUT2D eigenvalue weighted by molar-refractivity contribution is 0.587. The van der Waals surface area contributed by atoms with Crippen LogP contribution in [0.1, 0.15) is 6.92 Å². The van der Waals surface area contributed by atoms with E-state index >= 15 is 0 Å². The Morgan fingerprint density at radius 1 is 1.14 bits per heavy atom. The quantitative estimate of drug-likeness (QED) is 0.831. The molecule has 0 fully saturated rings. The molecule has 0 bridgehead atoms. The zero-order valence-corrected chi connectivity index (χ0v) is 13.9. The van der Waals surface area contributed by atoms with Crippen LogP contribution in [-0.2, 0) is 10.0 Å². The molecule has 2 aromatic rings. The van der Waals surface area contributed by atoms with Gasteiger partial charge < -0.3 is 4.90 Å². The molecule has 0 heterocycles. The number of rotatable bonds is 6. The Balaban J connectivity index is 2.47. The molecule has 0 aliphatic heterocycles. The van der Waals surface area contributed by atoms with E-state index in [1.165, 1.54) is 0 Å². The van der Waals surface area contributed by atoms with Crippen LogP contribution in [0.3, 0.4) is 0 Å². The van der Waals surface area contributed by atoms with Crippen molar-refractivity contribution in [3.63, 3.8) is 0 Å². The molecule has 2 rings (SSSR count). The molecular weight excluding hydrogens is 298 g/mol. The molecule has 0 aliphatic carbocycles. The highest BCUT2D eigenvalue weighted by atomic mass is 32.2. The average molecular weight is 319 g/mol. The van der Waals surface area contributed by atoms with Gasteiger partial charge in [0.05, 0.1) is 4.90 Å². The standard InChI is InChI=1S/C16H21N3O2S/c1-4-17-11-12-18-22(20,21)16-10-6-7-13-14(16)8-5-9-15(13)19(2)3/h5-11,18H,4,12H2,1-3H3/b17-11+. The molecule has 0 spiro atoms. The van der Waals surface area contributed by atoms with E-state index in [0.29, 0.717) is 16.8 Å². The van der Waals surface area contributed by atoms with E-state index in [4.69, 9.17) is 0 Å². The number of benzene rings is 2. The Bertz CT molecular complexity index is 783. The van der Waals surface area contributed by atoms with Gasteiger partial charge in [-0.05, 0) is 19.1 Å². The summed E-state index contributed by atoms with van der Waals surface area (Å²) in [6, 6.07) is 11.0. The summed E-state index contributed by atoms with van der Waals surface area (Å²) in [5.41, 5.74) is 0.988. The Labute approximate surface area is 131 Å². The van der Waals surface area contributed by atoms with Crippen LogP contribution < -0.4 is 9.62 Å². The summed E-state index contributed by atoms with van der Waals surface area (Å²) in [6.07, 6.45) is 1.58. The van der Waals surface area contributed by atoms with Crippen molar-refractivity contribution < 1.29 is 8.42 Å². The first kappa shape index (κ1) is 16.5. The average Bonchev–Trinajstić information content (AvgIpc) is 2.50. The number of hydrogen-bond donors (Lipinski definition) is 1. The molecule has 0 amide bonds. The first-order valence-electron chi connectivity index (χ1n) is 7.14. The summed E-state index contributed by atoms with van der Waals surface area (Å²) in [5, 5.41) is 1.63. The van der Waals surface area contributed by atoms with Crippen molar-refractivity contribution in [2.45, 2.75) is 11.8 Å². The Morgan fingerprint density at radius 2 is 1.82 bits per heavy atom.